The Kier molecular flexibility index (Phi) is 1.59. The van der Waals surface area contributed by atoms with Crippen molar-refractivity contribution < 1.29 is 9.53 Å². The highest BCUT2D eigenvalue weighted by Gasteiger charge is 2.61. The average Bonchev–Trinajstić information content (AvgIpc) is 2.62. The summed E-state index contributed by atoms with van der Waals surface area (Å²) in [7, 11) is 0. The maximum Gasteiger partial charge on any atom is 0.167 e. The Morgan fingerprint density at radius 1 is 1.58 bits per heavy atom. The molecule has 2 fully saturated rings. The Bertz CT molecular complexity index is 222. The van der Waals surface area contributed by atoms with Gasteiger partial charge in [0.1, 0.15) is 5.60 Å². The second-order valence-corrected chi connectivity index (χ2v) is 4.58. The van der Waals surface area contributed by atoms with E-state index in [1.54, 1.807) is 0 Å². The van der Waals surface area contributed by atoms with Crippen LogP contribution >= 0.6 is 0 Å². The van der Waals surface area contributed by atoms with E-state index >= 15 is 0 Å². The van der Waals surface area contributed by atoms with Gasteiger partial charge in [-0.2, -0.15) is 0 Å². The molecule has 12 heavy (non-hydrogen) atoms. The van der Waals surface area contributed by atoms with E-state index < -0.39 is 0 Å². The van der Waals surface area contributed by atoms with E-state index in [9.17, 15) is 4.79 Å². The number of carbonyl (C=O) groups excluding carboxylic acids is 1. The number of epoxide rings is 1. The van der Waals surface area contributed by atoms with Crippen LogP contribution in [0.5, 0.6) is 0 Å². The number of rotatable bonds is 1. The van der Waals surface area contributed by atoms with Gasteiger partial charge in [-0.15, -0.1) is 0 Å². The van der Waals surface area contributed by atoms with Gasteiger partial charge in [-0.25, -0.2) is 0 Å². The largest absolute Gasteiger partial charge is 0.358 e. The minimum Gasteiger partial charge on any atom is -0.358 e. The average molecular weight is 168 g/mol. The third-order valence-electron chi connectivity index (χ3n) is 3.41. The molecule has 0 radical (unpaired) electrons. The molecule has 0 N–H and O–H groups in total. The SMILES string of the molecule is CC(C)C1CC(=O)[C@@]2(C)O[C@H]2C1. The number of hydrogen-bond acceptors (Lipinski definition) is 2. The van der Waals surface area contributed by atoms with Crippen molar-refractivity contribution in [2.75, 3.05) is 0 Å². The lowest BCUT2D eigenvalue weighted by Crippen LogP contribution is -2.33. The molecule has 1 unspecified atom stereocenters. The first kappa shape index (κ1) is 8.24. The third-order valence-corrected chi connectivity index (χ3v) is 3.41. The summed E-state index contributed by atoms with van der Waals surface area (Å²) in [6, 6.07) is 0. The monoisotopic (exact) mass is 168 g/mol. The first-order valence-electron chi connectivity index (χ1n) is 4.75. The van der Waals surface area contributed by atoms with Crippen molar-refractivity contribution in [2.45, 2.75) is 45.3 Å². The van der Waals surface area contributed by atoms with E-state index in [2.05, 4.69) is 13.8 Å². The molecular formula is C10H16O2. The molecule has 1 saturated carbocycles. The van der Waals surface area contributed by atoms with Gasteiger partial charge in [-0.05, 0) is 25.2 Å². The summed E-state index contributed by atoms with van der Waals surface area (Å²) < 4.78 is 5.41. The summed E-state index contributed by atoms with van der Waals surface area (Å²) in [5.41, 5.74) is -0.370. The predicted molar refractivity (Wildman–Crippen MR) is 45.8 cm³/mol. The lowest BCUT2D eigenvalue weighted by atomic mass is 9.77. The molecule has 3 atom stereocenters. The molecule has 1 aliphatic carbocycles. The van der Waals surface area contributed by atoms with Crippen LogP contribution in [0.15, 0.2) is 0 Å². The van der Waals surface area contributed by atoms with Crippen LogP contribution in [0.4, 0.5) is 0 Å². The van der Waals surface area contributed by atoms with E-state index in [0.717, 1.165) is 12.8 Å². The first-order chi connectivity index (χ1) is 5.54. The molecule has 2 nitrogen and oxygen atoms in total. The molecule has 2 rings (SSSR count). The first-order valence-corrected chi connectivity index (χ1v) is 4.75. The van der Waals surface area contributed by atoms with Gasteiger partial charge in [0.05, 0.1) is 6.10 Å². The van der Waals surface area contributed by atoms with E-state index in [0.29, 0.717) is 17.6 Å². The number of fused-ring (bicyclic) bond motifs is 1. The summed E-state index contributed by atoms with van der Waals surface area (Å²) in [5, 5.41) is 0. The van der Waals surface area contributed by atoms with Crippen LogP contribution in [-0.4, -0.2) is 17.5 Å². The molecule has 0 aromatic carbocycles. The van der Waals surface area contributed by atoms with Crippen LogP contribution in [-0.2, 0) is 9.53 Å². The van der Waals surface area contributed by atoms with Crippen molar-refractivity contribution >= 4 is 5.78 Å². The van der Waals surface area contributed by atoms with Gasteiger partial charge in [0.25, 0.3) is 0 Å². The molecule has 0 amide bonds. The standard InChI is InChI=1S/C10H16O2/c1-6(2)7-4-8(11)10(3)9(5-7)12-10/h6-7,9H,4-5H2,1-3H3/t7?,9-,10+/m0/s1. The second kappa shape index (κ2) is 2.32. The quantitative estimate of drug-likeness (QED) is 0.558. The zero-order valence-corrected chi connectivity index (χ0v) is 7.96. The van der Waals surface area contributed by atoms with Crippen LogP contribution in [0, 0.1) is 11.8 Å². The molecule has 0 spiro atoms. The number of carbonyl (C=O) groups is 1. The Hall–Kier alpha value is -0.370. The van der Waals surface area contributed by atoms with Gasteiger partial charge in [0.15, 0.2) is 5.78 Å². The zero-order chi connectivity index (χ0) is 8.93. The van der Waals surface area contributed by atoms with Crippen LogP contribution in [0.3, 0.4) is 0 Å². The minimum absolute atomic E-state index is 0.242. The molecule has 0 aromatic rings. The summed E-state index contributed by atoms with van der Waals surface area (Å²) >= 11 is 0. The van der Waals surface area contributed by atoms with E-state index in [-0.39, 0.29) is 11.7 Å². The van der Waals surface area contributed by atoms with E-state index in [4.69, 9.17) is 4.74 Å². The molecule has 0 bridgehead atoms. The van der Waals surface area contributed by atoms with Crippen molar-refractivity contribution in [3.8, 4) is 0 Å². The molecule has 1 aliphatic heterocycles. The van der Waals surface area contributed by atoms with E-state index in [1.165, 1.54) is 0 Å². The highest BCUT2D eigenvalue weighted by atomic mass is 16.6. The molecule has 0 aromatic heterocycles. The summed E-state index contributed by atoms with van der Waals surface area (Å²) in [6.45, 7) is 6.29. The number of ketones is 1. The zero-order valence-electron chi connectivity index (χ0n) is 7.96. The fourth-order valence-corrected chi connectivity index (χ4v) is 2.09. The van der Waals surface area contributed by atoms with Crippen LogP contribution in [0.2, 0.25) is 0 Å². The Labute approximate surface area is 73.3 Å². The maximum absolute atomic E-state index is 11.5. The van der Waals surface area contributed by atoms with Gasteiger partial charge >= 0.3 is 0 Å². The van der Waals surface area contributed by atoms with Crippen molar-refractivity contribution in [1.29, 1.82) is 0 Å². The normalized spacial score (nSPS) is 46.2. The highest BCUT2D eigenvalue weighted by molar-refractivity contribution is 5.91. The predicted octanol–water partition coefficient (Wildman–Crippen LogP) is 1.78. The van der Waals surface area contributed by atoms with Crippen molar-refractivity contribution in [2.24, 2.45) is 11.8 Å². The maximum atomic E-state index is 11.5. The summed E-state index contributed by atoms with van der Waals surface area (Å²) in [6.07, 6.45) is 2.05. The molecule has 68 valence electrons. The van der Waals surface area contributed by atoms with Crippen molar-refractivity contribution in [3.05, 3.63) is 0 Å². The third kappa shape index (κ3) is 1.01. The molecule has 1 heterocycles. The van der Waals surface area contributed by atoms with Gasteiger partial charge in [0, 0.05) is 6.42 Å². The Morgan fingerprint density at radius 2 is 2.25 bits per heavy atom. The van der Waals surface area contributed by atoms with Gasteiger partial charge < -0.3 is 4.74 Å². The van der Waals surface area contributed by atoms with Gasteiger partial charge in [-0.3, -0.25) is 4.79 Å². The van der Waals surface area contributed by atoms with Crippen LogP contribution < -0.4 is 0 Å². The second-order valence-electron chi connectivity index (χ2n) is 4.58. The lowest BCUT2D eigenvalue weighted by molar-refractivity contribution is -0.125. The molecule has 1 saturated heterocycles. The molecule has 2 aliphatic rings. The number of Topliss-reactive ketones (excluding diaryl/α,β-unsaturated/α-hetero) is 1. The van der Waals surface area contributed by atoms with Crippen molar-refractivity contribution in [3.63, 3.8) is 0 Å². The van der Waals surface area contributed by atoms with E-state index in [1.807, 2.05) is 6.92 Å². The minimum atomic E-state index is -0.370. The van der Waals surface area contributed by atoms with Gasteiger partial charge in [-0.1, -0.05) is 13.8 Å². The van der Waals surface area contributed by atoms with Crippen molar-refractivity contribution in [1.82, 2.24) is 0 Å². The Balaban J connectivity index is 2.07. The Morgan fingerprint density at radius 3 is 2.75 bits per heavy atom. The van der Waals surface area contributed by atoms with Crippen LogP contribution in [0.25, 0.3) is 0 Å². The highest BCUT2D eigenvalue weighted by Crippen LogP contribution is 2.48. The molecule has 2 heteroatoms. The summed E-state index contributed by atoms with van der Waals surface area (Å²) in [4.78, 5) is 11.5. The summed E-state index contributed by atoms with van der Waals surface area (Å²) in [5.74, 6) is 1.48. The number of ether oxygens (including phenoxy) is 1. The smallest absolute Gasteiger partial charge is 0.167 e. The van der Waals surface area contributed by atoms with Gasteiger partial charge in [0.2, 0.25) is 0 Å². The van der Waals surface area contributed by atoms with Crippen LogP contribution in [0.1, 0.15) is 33.6 Å². The fourth-order valence-electron chi connectivity index (χ4n) is 2.09. The topological polar surface area (TPSA) is 29.6 Å². The number of hydrogen-bond donors (Lipinski definition) is 0. The fraction of sp³-hybridized carbons (Fsp3) is 0.900. The molecular weight excluding hydrogens is 152 g/mol. The lowest BCUT2D eigenvalue weighted by Gasteiger charge is -2.24.